The highest BCUT2D eigenvalue weighted by Crippen LogP contribution is 2.39. The summed E-state index contributed by atoms with van der Waals surface area (Å²) in [6.45, 7) is 3.21. The Bertz CT molecular complexity index is 769. The van der Waals surface area contributed by atoms with Gasteiger partial charge in [-0.3, -0.25) is 0 Å². The monoisotopic (exact) mass is 279 g/mol. The first-order valence-corrected chi connectivity index (χ1v) is 8.01. The summed E-state index contributed by atoms with van der Waals surface area (Å²) in [7, 11) is 0. The maximum Gasteiger partial charge on any atom is 0.135 e. The molecule has 0 amide bonds. The molecule has 0 spiro atoms. The van der Waals surface area contributed by atoms with Crippen molar-refractivity contribution >= 4 is 21.9 Å². The molecule has 2 aromatic carbocycles. The number of hydrogen-bond donors (Lipinski definition) is 1. The second-order valence-electron chi connectivity index (χ2n) is 6.08. The highest BCUT2D eigenvalue weighted by Gasteiger charge is 2.28. The molecule has 4 rings (SSSR count). The zero-order valence-electron chi connectivity index (χ0n) is 12.4. The smallest absolute Gasteiger partial charge is 0.135 e. The molecule has 3 aromatic rings. The van der Waals surface area contributed by atoms with Crippen LogP contribution in [0.3, 0.4) is 0 Å². The molecular weight excluding hydrogens is 258 g/mol. The van der Waals surface area contributed by atoms with Crippen molar-refractivity contribution in [2.24, 2.45) is 5.92 Å². The second kappa shape index (κ2) is 5.19. The first-order valence-electron chi connectivity index (χ1n) is 8.01. The van der Waals surface area contributed by atoms with Crippen LogP contribution >= 0.6 is 0 Å². The van der Waals surface area contributed by atoms with Crippen LogP contribution in [0.4, 0.5) is 0 Å². The number of fused-ring (bicyclic) bond motifs is 3. The molecule has 21 heavy (non-hydrogen) atoms. The van der Waals surface area contributed by atoms with Gasteiger partial charge in [-0.15, -0.1) is 0 Å². The lowest BCUT2D eigenvalue weighted by Gasteiger charge is -2.34. The summed E-state index contributed by atoms with van der Waals surface area (Å²) in [5, 5.41) is 6.14. The number of nitrogens with one attached hydrogen (secondary N) is 1. The van der Waals surface area contributed by atoms with E-state index in [9.17, 15) is 0 Å². The highest BCUT2D eigenvalue weighted by molar-refractivity contribution is 6.05. The molecule has 1 aliphatic rings. The van der Waals surface area contributed by atoms with Crippen LogP contribution in [0, 0.1) is 5.92 Å². The van der Waals surface area contributed by atoms with Crippen molar-refractivity contribution in [3.8, 4) is 0 Å². The van der Waals surface area contributed by atoms with E-state index in [4.69, 9.17) is 4.42 Å². The van der Waals surface area contributed by atoms with Crippen LogP contribution in [-0.4, -0.2) is 6.54 Å². The minimum Gasteiger partial charge on any atom is -0.456 e. The summed E-state index contributed by atoms with van der Waals surface area (Å²) >= 11 is 0. The summed E-state index contributed by atoms with van der Waals surface area (Å²) in [4.78, 5) is 0. The van der Waals surface area contributed by atoms with E-state index >= 15 is 0 Å². The van der Waals surface area contributed by atoms with Crippen molar-refractivity contribution < 1.29 is 4.42 Å². The lowest BCUT2D eigenvalue weighted by Crippen LogP contribution is -2.32. The predicted molar refractivity (Wildman–Crippen MR) is 87.5 cm³/mol. The Morgan fingerprint density at radius 2 is 1.90 bits per heavy atom. The van der Waals surface area contributed by atoms with Gasteiger partial charge in [-0.25, -0.2) is 0 Å². The van der Waals surface area contributed by atoms with E-state index in [-0.39, 0.29) is 0 Å². The molecular formula is C19H21NO. The fraction of sp³-hybridized carbons (Fsp3) is 0.368. The first-order chi connectivity index (χ1) is 10.4. The van der Waals surface area contributed by atoms with Crippen LogP contribution in [0.1, 0.15) is 37.8 Å². The fourth-order valence-electron chi connectivity index (χ4n) is 3.49. The maximum atomic E-state index is 5.93. The third-order valence-corrected chi connectivity index (χ3v) is 4.81. The van der Waals surface area contributed by atoms with Crippen molar-refractivity contribution in [2.75, 3.05) is 6.54 Å². The third kappa shape index (κ3) is 2.14. The average molecular weight is 279 g/mol. The van der Waals surface area contributed by atoms with Crippen molar-refractivity contribution in [3.05, 3.63) is 48.0 Å². The molecule has 0 saturated heterocycles. The Balaban J connectivity index is 1.82. The summed E-state index contributed by atoms with van der Waals surface area (Å²) in [6.07, 6.45) is 4.08. The van der Waals surface area contributed by atoms with Crippen molar-refractivity contribution in [2.45, 2.75) is 32.2 Å². The lowest BCUT2D eigenvalue weighted by atomic mass is 9.77. The molecule has 0 aliphatic heterocycles. The molecule has 1 unspecified atom stereocenters. The van der Waals surface area contributed by atoms with Gasteiger partial charge in [-0.05, 0) is 49.1 Å². The topological polar surface area (TPSA) is 25.2 Å². The minimum absolute atomic E-state index is 0.488. The van der Waals surface area contributed by atoms with Gasteiger partial charge in [0.15, 0.2) is 0 Å². The third-order valence-electron chi connectivity index (χ3n) is 4.81. The van der Waals surface area contributed by atoms with E-state index in [1.54, 1.807) is 0 Å². The zero-order chi connectivity index (χ0) is 14.2. The molecule has 0 bridgehead atoms. The molecule has 1 N–H and O–H groups in total. The summed E-state index contributed by atoms with van der Waals surface area (Å²) in [5.41, 5.74) is 3.37. The Morgan fingerprint density at radius 1 is 1.10 bits per heavy atom. The van der Waals surface area contributed by atoms with E-state index in [2.05, 4.69) is 42.6 Å². The molecule has 1 saturated carbocycles. The quantitative estimate of drug-likeness (QED) is 0.724. The van der Waals surface area contributed by atoms with Gasteiger partial charge in [0, 0.05) is 16.8 Å². The van der Waals surface area contributed by atoms with Gasteiger partial charge in [0.1, 0.15) is 11.2 Å². The van der Waals surface area contributed by atoms with Crippen LogP contribution in [0.5, 0.6) is 0 Å². The van der Waals surface area contributed by atoms with Crippen LogP contribution in [0.15, 0.2) is 46.9 Å². The van der Waals surface area contributed by atoms with Gasteiger partial charge >= 0.3 is 0 Å². The van der Waals surface area contributed by atoms with Crippen molar-refractivity contribution in [1.29, 1.82) is 0 Å². The predicted octanol–water partition coefficient (Wildman–Crippen LogP) is 5.04. The van der Waals surface area contributed by atoms with Gasteiger partial charge < -0.3 is 9.73 Å². The number of rotatable bonds is 4. The van der Waals surface area contributed by atoms with Crippen molar-refractivity contribution in [3.63, 3.8) is 0 Å². The minimum atomic E-state index is 0.488. The van der Waals surface area contributed by atoms with Gasteiger partial charge in [0.2, 0.25) is 0 Å². The van der Waals surface area contributed by atoms with Gasteiger partial charge in [-0.1, -0.05) is 37.6 Å². The molecule has 1 aliphatic carbocycles. The average Bonchev–Trinajstić information content (AvgIpc) is 2.82. The highest BCUT2D eigenvalue weighted by atomic mass is 16.3. The maximum absolute atomic E-state index is 5.93. The Labute approximate surface area is 125 Å². The van der Waals surface area contributed by atoms with E-state index < -0.39 is 0 Å². The standard InChI is InChI=1S/C19H21NO/c1-2-20-19(13-6-5-7-13)14-10-11-18-16(12-14)15-8-3-4-9-17(15)21-18/h3-4,8-13,19-20H,2,5-7H2,1H3. The SMILES string of the molecule is CCNC(c1ccc2oc3ccccc3c2c1)C1CCC1. The molecule has 2 heteroatoms. The molecule has 108 valence electrons. The van der Waals surface area contributed by atoms with E-state index in [1.807, 2.05) is 12.1 Å². The molecule has 1 atom stereocenters. The fourth-order valence-corrected chi connectivity index (χ4v) is 3.49. The van der Waals surface area contributed by atoms with Gasteiger partial charge in [0.25, 0.3) is 0 Å². The number of hydrogen-bond acceptors (Lipinski definition) is 2. The molecule has 2 nitrogen and oxygen atoms in total. The summed E-state index contributed by atoms with van der Waals surface area (Å²) in [6, 6.07) is 15.5. The van der Waals surface area contributed by atoms with Gasteiger partial charge in [0.05, 0.1) is 0 Å². The molecule has 0 radical (unpaired) electrons. The van der Waals surface area contributed by atoms with Crippen LogP contribution in [0.25, 0.3) is 21.9 Å². The van der Waals surface area contributed by atoms with Crippen molar-refractivity contribution in [1.82, 2.24) is 5.32 Å². The summed E-state index contributed by atoms with van der Waals surface area (Å²) < 4.78 is 5.93. The molecule has 1 aromatic heterocycles. The lowest BCUT2D eigenvalue weighted by molar-refractivity contribution is 0.233. The zero-order valence-corrected chi connectivity index (χ0v) is 12.4. The Morgan fingerprint density at radius 3 is 2.67 bits per heavy atom. The largest absolute Gasteiger partial charge is 0.456 e. The Hall–Kier alpha value is -1.80. The number of para-hydroxylation sites is 1. The second-order valence-corrected chi connectivity index (χ2v) is 6.08. The van der Waals surface area contributed by atoms with E-state index in [0.717, 1.165) is 23.6 Å². The number of benzene rings is 2. The van der Waals surface area contributed by atoms with Crippen LogP contribution < -0.4 is 5.32 Å². The first kappa shape index (κ1) is 12.9. The molecule has 1 heterocycles. The van der Waals surface area contributed by atoms with Gasteiger partial charge in [-0.2, -0.15) is 0 Å². The molecule has 1 fully saturated rings. The normalized spacial score (nSPS) is 17.2. The van der Waals surface area contributed by atoms with E-state index in [0.29, 0.717) is 6.04 Å². The van der Waals surface area contributed by atoms with E-state index in [1.165, 1.54) is 35.6 Å². The van der Waals surface area contributed by atoms with Crippen LogP contribution in [0.2, 0.25) is 0 Å². The number of furan rings is 1. The summed E-state index contributed by atoms with van der Waals surface area (Å²) in [5.74, 6) is 0.792. The van der Waals surface area contributed by atoms with Crippen LogP contribution in [-0.2, 0) is 0 Å². The Kier molecular flexibility index (Phi) is 3.19.